The first-order valence-corrected chi connectivity index (χ1v) is 5.46. The Hall–Kier alpha value is -0.390. The highest BCUT2D eigenvalue weighted by Crippen LogP contribution is 2.25. The van der Waals surface area contributed by atoms with E-state index in [2.05, 4.69) is 37.2 Å². The van der Waals surface area contributed by atoms with Gasteiger partial charge in [0.05, 0.1) is 5.69 Å². The summed E-state index contributed by atoms with van der Waals surface area (Å²) in [7, 11) is 1.48. The molecule has 0 unspecified atom stereocenters. The molecule has 0 aliphatic rings. The zero-order valence-electron chi connectivity index (χ0n) is 7.51. The molecular formula is C9H9Br2NO2. The fraction of sp³-hybridized carbons (Fsp3) is 0.222. The van der Waals surface area contributed by atoms with Gasteiger partial charge in [0.2, 0.25) is 5.91 Å². The molecule has 0 aliphatic heterocycles. The van der Waals surface area contributed by atoms with Crippen molar-refractivity contribution in [2.75, 3.05) is 19.0 Å². The highest BCUT2D eigenvalue weighted by molar-refractivity contribution is 9.11. The van der Waals surface area contributed by atoms with E-state index in [1.165, 1.54) is 7.11 Å². The van der Waals surface area contributed by atoms with Gasteiger partial charge >= 0.3 is 0 Å². The highest BCUT2D eigenvalue weighted by Gasteiger charge is 2.05. The topological polar surface area (TPSA) is 38.3 Å². The molecule has 0 radical (unpaired) electrons. The van der Waals surface area contributed by atoms with Crippen LogP contribution in [0.2, 0.25) is 0 Å². The van der Waals surface area contributed by atoms with Gasteiger partial charge in [-0.2, -0.15) is 0 Å². The highest BCUT2D eigenvalue weighted by atomic mass is 79.9. The van der Waals surface area contributed by atoms with Crippen LogP contribution in [0.15, 0.2) is 27.1 Å². The van der Waals surface area contributed by atoms with E-state index >= 15 is 0 Å². The molecule has 0 heterocycles. The fourth-order valence-corrected chi connectivity index (χ4v) is 1.62. The first-order valence-electron chi connectivity index (χ1n) is 3.87. The van der Waals surface area contributed by atoms with Crippen LogP contribution >= 0.6 is 31.9 Å². The summed E-state index contributed by atoms with van der Waals surface area (Å²) < 4.78 is 6.46. The number of ether oxygens (including phenoxy) is 1. The van der Waals surface area contributed by atoms with Crippen molar-refractivity contribution >= 4 is 43.5 Å². The predicted molar refractivity (Wildman–Crippen MR) is 62.3 cm³/mol. The third-order valence-electron chi connectivity index (χ3n) is 1.48. The van der Waals surface area contributed by atoms with Crippen molar-refractivity contribution in [1.29, 1.82) is 0 Å². The minimum Gasteiger partial charge on any atom is -0.375 e. The first kappa shape index (κ1) is 11.7. The molecule has 1 N–H and O–H groups in total. The Kier molecular flexibility index (Phi) is 4.57. The average molecular weight is 323 g/mol. The van der Waals surface area contributed by atoms with Crippen LogP contribution in [0.1, 0.15) is 0 Å². The second kappa shape index (κ2) is 5.48. The van der Waals surface area contributed by atoms with Crippen LogP contribution in [0.5, 0.6) is 0 Å². The lowest BCUT2D eigenvalue weighted by molar-refractivity contribution is -0.119. The summed E-state index contributed by atoms with van der Waals surface area (Å²) in [6.07, 6.45) is 0. The monoisotopic (exact) mass is 321 g/mol. The fourth-order valence-electron chi connectivity index (χ4n) is 0.911. The van der Waals surface area contributed by atoms with Crippen molar-refractivity contribution in [2.24, 2.45) is 0 Å². The number of anilines is 1. The van der Waals surface area contributed by atoms with Gasteiger partial charge in [0.15, 0.2) is 0 Å². The third-order valence-corrected chi connectivity index (χ3v) is 2.66. The van der Waals surface area contributed by atoms with Crippen molar-refractivity contribution in [3.63, 3.8) is 0 Å². The van der Waals surface area contributed by atoms with Crippen molar-refractivity contribution in [1.82, 2.24) is 0 Å². The van der Waals surface area contributed by atoms with E-state index in [0.29, 0.717) is 0 Å². The molecule has 0 atom stereocenters. The summed E-state index contributed by atoms with van der Waals surface area (Å²) in [6, 6.07) is 5.56. The van der Waals surface area contributed by atoms with Crippen LogP contribution in [0.4, 0.5) is 5.69 Å². The number of nitrogens with one attached hydrogen (secondary N) is 1. The van der Waals surface area contributed by atoms with Gasteiger partial charge in [0, 0.05) is 16.1 Å². The normalized spacial score (nSPS) is 9.93. The van der Waals surface area contributed by atoms with Gasteiger partial charge in [0.25, 0.3) is 0 Å². The number of methoxy groups -OCH3 is 1. The van der Waals surface area contributed by atoms with E-state index in [4.69, 9.17) is 4.74 Å². The Balaban J connectivity index is 2.75. The first-order chi connectivity index (χ1) is 6.63. The number of hydrogen-bond acceptors (Lipinski definition) is 2. The number of carbonyl (C=O) groups is 1. The van der Waals surface area contributed by atoms with E-state index in [9.17, 15) is 4.79 Å². The molecule has 5 heteroatoms. The Morgan fingerprint density at radius 2 is 2.21 bits per heavy atom. The van der Waals surface area contributed by atoms with Gasteiger partial charge in [0.1, 0.15) is 6.61 Å². The summed E-state index contributed by atoms with van der Waals surface area (Å²) in [5.74, 6) is -0.175. The number of rotatable bonds is 3. The maximum absolute atomic E-state index is 11.2. The van der Waals surface area contributed by atoms with Gasteiger partial charge in [-0.3, -0.25) is 4.79 Å². The maximum atomic E-state index is 11.2. The molecule has 0 fully saturated rings. The molecule has 1 aromatic rings. The predicted octanol–water partition coefficient (Wildman–Crippen LogP) is 2.80. The van der Waals surface area contributed by atoms with E-state index in [1.54, 1.807) is 0 Å². The summed E-state index contributed by atoms with van der Waals surface area (Å²) in [5.41, 5.74) is 0.724. The molecule has 0 saturated heterocycles. The Bertz CT molecular complexity index is 342. The smallest absolute Gasteiger partial charge is 0.250 e. The molecule has 0 saturated carbocycles. The SMILES string of the molecule is COCC(=O)Nc1cc(Br)ccc1Br. The molecule has 14 heavy (non-hydrogen) atoms. The minimum absolute atomic E-state index is 0.0545. The number of hydrogen-bond donors (Lipinski definition) is 1. The minimum atomic E-state index is -0.175. The lowest BCUT2D eigenvalue weighted by atomic mass is 10.3. The number of amides is 1. The van der Waals surface area contributed by atoms with E-state index in [1.807, 2.05) is 18.2 Å². The molecular weight excluding hydrogens is 314 g/mol. The average Bonchev–Trinajstić information content (AvgIpc) is 2.12. The molecule has 1 aromatic carbocycles. The van der Waals surface area contributed by atoms with E-state index in [-0.39, 0.29) is 12.5 Å². The van der Waals surface area contributed by atoms with Crippen LogP contribution < -0.4 is 5.32 Å². The molecule has 3 nitrogen and oxygen atoms in total. The molecule has 76 valence electrons. The molecule has 1 rings (SSSR count). The lowest BCUT2D eigenvalue weighted by Gasteiger charge is -2.06. The van der Waals surface area contributed by atoms with Gasteiger partial charge in [-0.1, -0.05) is 15.9 Å². The van der Waals surface area contributed by atoms with Crippen molar-refractivity contribution < 1.29 is 9.53 Å². The molecule has 0 spiro atoms. The Labute approximate surface area is 99.1 Å². The van der Waals surface area contributed by atoms with Gasteiger partial charge in [-0.05, 0) is 34.1 Å². The summed E-state index contributed by atoms with van der Waals surface area (Å²) in [5, 5.41) is 2.71. The maximum Gasteiger partial charge on any atom is 0.250 e. The number of carbonyl (C=O) groups excluding carboxylic acids is 1. The van der Waals surface area contributed by atoms with Crippen molar-refractivity contribution in [2.45, 2.75) is 0 Å². The van der Waals surface area contributed by atoms with Crippen LogP contribution in [0.25, 0.3) is 0 Å². The summed E-state index contributed by atoms with van der Waals surface area (Å²) >= 11 is 6.66. The van der Waals surface area contributed by atoms with Crippen molar-refractivity contribution in [3.05, 3.63) is 27.1 Å². The van der Waals surface area contributed by atoms with Crippen LogP contribution in [0.3, 0.4) is 0 Å². The van der Waals surface area contributed by atoms with Gasteiger partial charge in [-0.25, -0.2) is 0 Å². The van der Waals surface area contributed by atoms with Gasteiger partial charge in [-0.15, -0.1) is 0 Å². The second-order valence-corrected chi connectivity index (χ2v) is 4.38. The van der Waals surface area contributed by atoms with Gasteiger partial charge < -0.3 is 10.1 Å². The Morgan fingerprint density at radius 3 is 2.86 bits per heavy atom. The van der Waals surface area contributed by atoms with Crippen LogP contribution in [0, 0.1) is 0 Å². The van der Waals surface area contributed by atoms with Crippen LogP contribution in [-0.2, 0) is 9.53 Å². The van der Waals surface area contributed by atoms with E-state index in [0.717, 1.165) is 14.6 Å². The number of halogens is 2. The van der Waals surface area contributed by atoms with E-state index < -0.39 is 0 Å². The lowest BCUT2D eigenvalue weighted by Crippen LogP contribution is -2.17. The van der Waals surface area contributed by atoms with Crippen LogP contribution in [-0.4, -0.2) is 19.6 Å². The molecule has 0 aromatic heterocycles. The molecule has 1 amide bonds. The number of benzene rings is 1. The Morgan fingerprint density at radius 1 is 1.50 bits per heavy atom. The third kappa shape index (κ3) is 3.40. The summed E-state index contributed by atoms with van der Waals surface area (Å²) in [6.45, 7) is 0.0545. The zero-order valence-corrected chi connectivity index (χ0v) is 10.7. The zero-order chi connectivity index (χ0) is 10.6. The summed E-state index contributed by atoms with van der Waals surface area (Å²) in [4.78, 5) is 11.2. The van der Waals surface area contributed by atoms with Crippen molar-refractivity contribution in [3.8, 4) is 0 Å². The quantitative estimate of drug-likeness (QED) is 0.929. The second-order valence-electron chi connectivity index (χ2n) is 2.61. The largest absolute Gasteiger partial charge is 0.375 e. The molecule has 0 aliphatic carbocycles. The molecule has 0 bridgehead atoms. The standard InChI is InChI=1S/C9H9Br2NO2/c1-14-5-9(13)12-8-4-6(10)2-3-7(8)11/h2-4H,5H2,1H3,(H,12,13).